The molecule has 1 aliphatic heterocycles. The molecular weight excluding hydrogens is 350 g/mol. The number of hydrogen-bond acceptors (Lipinski definition) is 5. The Morgan fingerprint density at radius 3 is 3.08 bits per heavy atom. The molecule has 1 atom stereocenters. The second-order valence-electron chi connectivity index (χ2n) is 6.53. The van der Waals surface area contributed by atoms with Crippen LogP contribution in [0.4, 0.5) is 5.13 Å². The number of nitrogens with zero attached hydrogens (tertiary/aromatic N) is 2. The molecule has 1 amide bonds. The summed E-state index contributed by atoms with van der Waals surface area (Å²) in [6.07, 6.45) is 5.46. The number of rotatable bonds is 5. The predicted molar refractivity (Wildman–Crippen MR) is 101 cm³/mol. The Balaban J connectivity index is 1.53. The third kappa shape index (κ3) is 3.32. The minimum atomic E-state index is -0.219. The third-order valence-electron chi connectivity index (χ3n) is 4.77. The molecule has 7 heteroatoms. The monoisotopic (exact) mass is 371 g/mol. The number of anilines is 1. The first-order chi connectivity index (χ1) is 12.6. The lowest BCUT2D eigenvalue weighted by molar-refractivity contribution is 0.0962. The van der Waals surface area contributed by atoms with Crippen molar-refractivity contribution in [3.63, 3.8) is 0 Å². The zero-order chi connectivity index (χ0) is 18.1. The molecule has 1 aliphatic rings. The summed E-state index contributed by atoms with van der Waals surface area (Å²) in [5, 5.41) is 5.37. The summed E-state index contributed by atoms with van der Waals surface area (Å²) in [4.78, 5) is 16.7. The number of thiazole rings is 1. The van der Waals surface area contributed by atoms with E-state index in [1.165, 1.54) is 35.3 Å². The van der Waals surface area contributed by atoms with Gasteiger partial charge < -0.3 is 13.7 Å². The number of aryl methyl sites for hydroxylation is 1. The van der Waals surface area contributed by atoms with Crippen LogP contribution in [0.3, 0.4) is 0 Å². The normalized spacial score (nSPS) is 16.9. The van der Waals surface area contributed by atoms with Crippen molar-refractivity contribution in [3.8, 4) is 11.3 Å². The Bertz CT molecular complexity index is 905. The van der Waals surface area contributed by atoms with Gasteiger partial charge in [-0.25, -0.2) is 4.98 Å². The maximum atomic E-state index is 12.1. The predicted octanol–water partition coefficient (Wildman–Crippen LogP) is 4.25. The zero-order valence-corrected chi connectivity index (χ0v) is 15.6. The molecule has 1 saturated heterocycles. The number of nitrogens with one attached hydrogen (secondary N) is 1. The fourth-order valence-corrected chi connectivity index (χ4v) is 4.06. The van der Waals surface area contributed by atoms with Gasteiger partial charge in [0.05, 0.1) is 23.6 Å². The number of aromatic nitrogens is 2. The van der Waals surface area contributed by atoms with Gasteiger partial charge in [0.25, 0.3) is 5.91 Å². The van der Waals surface area contributed by atoms with Crippen LogP contribution in [0.25, 0.3) is 11.3 Å². The summed E-state index contributed by atoms with van der Waals surface area (Å²) < 4.78 is 13.0. The lowest BCUT2D eigenvalue weighted by atomic mass is 10.2. The smallest absolute Gasteiger partial charge is 0.260 e. The average molecular weight is 371 g/mol. The third-order valence-corrected chi connectivity index (χ3v) is 5.53. The molecule has 0 unspecified atom stereocenters. The van der Waals surface area contributed by atoms with Crippen LogP contribution in [0.2, 0.25) is 0 Å². The van der Waals surface area contributed by atoms with E-state index in [0.717, 1.165) is 37.3 Å². The number of carbonyl (C=O) groups excluding carboxylic acids is 1. The maximum absolute atomic E-state index is 12.1. The maximum Gasteiger partial charge on any atom is 0.260 e. The first-order valence-corrected chi connectivity index (χ1v) is 9.57. The molecule has 4 heterocycles. The topological polar surface area (TPSA) is 69.3 Å². The minimum absolute atomic E-state index is 0.219. The molecule has 0 aromatic carbocycles. The van der Waals surface area contributed by atoms with E-state index in [9.17, 15) is 4.79 Å². The summed E-state index contributed by atoms with van der Waals surface area (Å²) >= 11 is 1.42. The Morgan fingerprint density at radius 1 is 1.46 bits per heavy atom. The highest BCUT2D eigenvalue weighted by atomic mass is 32.1. The summed E-state index contributed by atoms with van der Waals surface area (Å²) in [5.41, 5.74) is 4.84. The van der Waals surface area contributed by atoms with Crippen LogP contribution in [-0.2, 0) is 11.3 Å². The number of furan rings is 1. The second kappa shape index (κ2) is 7.09. The van der Waals surface area contributed by atoms with Gasteiger partial charge in [-0.1, -0.05) is 0 Å². The van der Waals surface area contributed by atoms with Crippen molar-refractivity contribution in [2.75, 3.05) is 11.9 Å². The number of carbonyl (C=O) groups is 1. The van der Waals surface area contributed by atoms with E-state index < -0.39 is 0 Å². The van der Waals surface area contributed by atoms with Crippen LogP contribution in [0.1, 0.15) is 34.6 Å². The minimum Gasteiger partial charge on any atom is -0.472 e. The van der Waals surface area contributed by atoms with E-state index in [2.05, 4.69) is 34.8 Å². The van der Waals surface area contributed by atoms with Gasteiger partial charge >= 0.3 is 0 Å². The highest BCUT2D eigenvalue weighted by Crippen LogP contribution is 2.31. The Kier molecular flexibility index (Phi) is 4.65. The van der Waals surface area contributed by atoms with E-state index in [4.69, 9.17) is 9.15 Å². The van der Waals surface area contributed by atoms with E-state index in [0.29, 0.717) is 16.8 Å². The molecule has 0 saturated carbocycles. The van der Waals surface area contributed by atoms with Gasteiger partial charge in [0.2, 0.25) is 0 Å². The van der Waals surface area contributed by atoms with Gasteiger partial charge in [-0.3, -0.25) is 10.1 Å². The molecule has 1 N–H and O–H groups in total. The van der Waals surface area contributed by atoms with Gasteiger partial charge in [-0.15, -0.1) is 11.3 Å². The summed E-state index contributed by atoms with van der Waals surface area (Å²) in [5.74, 6) is -0.219. The summed E-state index contributed by atoms with van der Waals surface area (Å²) in [6.45, 7) is 5.97. The van der Waals surface area contributed by atoms with Crippen molar-refractivity contribution in [3.05, 3.63) is 47.0 Å². The quantitative estimate of drug-likeness (QED) is 0.728. The highest BCUT2D eigenvalue weighted by molar-refractivity contribution is 7.14. The van der Waals surface area contributed by atoms with Gasteiger partial charge in [0, 0.05) is 35.5 Å². The van der Waals surface area contributed by atoms with Crippen molar-refractivity contribution in [2.24, 2.45) is 0 Å². The van der Waals surface area contributed by atoms with Crippen LogP contribution in [0.5, 0.6) is 0 Å². The Hall–Kier alpha value is -2.38. The van der Waals surface area contributed by atoms with Crippen LogP contribution in [-0.4, -0.2) is 28.2 Å². The van der Waals surface area contributed by atoms with E-state index in [1.54, 1.807) is 6.07 Å². The number of ether oxygens (including phenoxy) is 1. The molecule has 4 rings (SSSR count). The van der Waals surface area contributed by atoms with Gasteiger partial charge in [0.15, 0.2) is 5.13 Å². The lowest BCUT2D eigenvalue weighted by Gasteiger charge is -2.14. The molecule has 0 radical (unpaired) electrons. The zero-order valence-electron chi connectivity index (χ0n) is 14.8. The first kappa shape index (κ1) is 17.1. The van der Waals surface area contributed by atoms with Crippen molar-refractivity contribution in [2.45, 2.75) is 39.3 Å². The van der Waals surface area contributed by atoms with Gasteiger partial charge in [0.1, 0.15) is 6.26 Å². The number of hydrogen-bond donors (Lipinski definition) is 1. The molecule has 3 aromatic rings. The molecule has 6 nitrogen and oxygen atoms in total. The van der Waals surface area contributed by atoms with Gasteiger partial charge in [-0.05, 0) is 38.8 Å². The van der Waals surface area contributed by atoms with E-state index in [-0.39, 0.29) is 5.91 Å². The standard InChI is InChI=1S/C19H21N3O3S/c1-12-8-16(13(2)22(12)9-15-4-3-6-25-15)17-11-26-19(20-17)21-18(23)14-5-7-24-10-14/h5,7-8,10-11,15H,3-4,6,9H2,1-2H3,(H,20,21,23)/t15-/m1/s1. The summed E-state index contributed by atoms with van der Waals surface area (Å²) in [7, 11) is 0. The van der Waals surface area contributed by atoms with Crippen LogP contribution in [0.15, 0.2) is 34.5 Å². The number of amides is 1. The Morgan fingerprint density at radius 2 is 2.35 bits per heavy atom. The van der Waals surface area contributed by atoms with E-state index in [1.807, 2.05) is 5.38 Å². The molecule has 3 aromatic heterocycles. The van der Waals surface area contributed by atoms with E-state index >= 15 is 0 Å². The summed E-state index contributed by atoms with van der Waals surface area (Å²) in [6, 6.07) is 3.78. The second-order valence-corrected chi connectivity index (χ2v) is 7.39. The first-order valence-electron chi connectivity index (χ1n) is 8.69. The molecule has 0 spiro atoms. The van der Waals surface area contributed by atoms with Crippen molar-refractivity contribution < 1.29 is 13.9 Å². The van der Waals surface area contributed by atoms with Crippen molar-refractivity contribution in [1.82, 2.24) is 9.55 Å². The SMILES string of the molecule is Cc1cc(-c2csc(NC(=O)c3ccoc3)n2)c(C)n1C[C@H]1CCCO1. The fourth-order valence-electron chi connectivity index (χ4n) is 3.35. The molecule has 0 aliphatic carbocycles. The van der Waals surface area contributed by atoms with Crippen LogP contribution < -0.4 is 5.32 Å². The van der Waals surface area contributed by atoms with Crippen molar-refractivity contribution in [1.29, 1.82) is 0 Å². The average Bonchev–Trinajstić information content (AvgIpc) is 3.40. The lowest BCUT2D eigenvalue weighted by Crippen LogP contribution is -2.16. The molecule has 136 valence electrons. The van der Waals surface area contributed by atoms with Crippen LogP contribution in [0, 0.1) is 13.8 Å². The molecular formula is C19H21N3O3S. The fraction of sp³-hybridized carbons (Fsp3) is 0.368. The van der Waals surface area contributed by atoms with Gasteiger partial charge in [-0.2, -0.15) is 0 Å². The largest absolute Gasteiger partial charge is 0.472 e. The van der Waals surface area contributed by atoms with Crippen molar-refractivity contribution >= 4 is 22.4 Å². The highest BCUT2D eigenvalue weighted by Gasteiger charge is 2.20. The Labute approximate surface area is 155 Å². The molecule has 0 bridgehead atoms. The molecule has 1 fully saturated rings. The molecule has 26 heavy (non-hydrogen) atoms. The van der Waals surface area contributed by atoms with Crippen LogP contribution >= 0.6 is 11.3 Å².